The van der Waals surface area contributed by atoms with Crippen molar-refractivity contribution in [2.75, 3.05) is 32.9 Å². The molecule has 3 nitrogen and oxygen atoms in total. The van der Waals surface area contributed by atoms with Crippen molar-refractivity contribution in [3.8, 4) is 0 Å². The molecule has 0 amide bonds. The molecular formula is C8H15NO2. The maximum atomic E-state index is 5.44. The molecule has 2 saturated heterocycles. The van der Waals surface area contributed by atoms with Crippen LogP contribution in [0.15, 0.2) is 0 Å². The quantitative estimate of drug-likeness (QED) is 0.539. The molecule has 0 aromatic rings. The molecule has 0 N–H and O–H groups in total. The summed E-state index contributed by atoms with van der Waals surface area (Å²) in [6.45, 7) is 7.02. The lowest BCUT2D eigenvalue weighted by molar-refractivity contribution is -0.110. The Kier molecular flexibility index (Phi) is 2.11. The summed E-state index contributed by atoms with van der Waals surface area (Å²) in [7, 11) is 0. The third-order valence-corrected chi connectivity index (χ3v) is 2.41. The highest BCUT2D eigenvalue weighted by atomic mass is 16.5. The summed E-state index contributed by atoms with van der Waals surface area (Å²) in [5, 5.41) is 0. The van der Waals surface area contributed by atoms with Gasteiger partial charge in [0.25, 0.3) is 0 Å². The fourth-order valence-corrected chi connectivity index (χ4v) is 1.61. The fourth-order valence-electron chi connectivity index (χ4n) is 1.61. The van der Waals surface area contributed by atoms with E-state index in [1.165, 1.54) is 0 Å². The Morgan fingerprint density at radius 1 is 1.36 bits per heavy atom. The van der Waals surface area contributed by atoms with Gasteiger partial charge >= 0.3 is 0 Å². The van der Waals surface area contributed by atoms with Crippen LogP contribution in [0.3, 0.4) is 0 Å². The molecule has 0 radical (unpaired) electrons. The van der Waals surface area contributed by atoms with Crippen LogP contribution < -0.4 is 0 Å². The Balaban J connectivity index is 1.82. The van der Waals surface area contributed by atoms with Gasteiger partial charge in [-0.3, -0.25) is 4.90 Å². The van der Waals surface area contributed by atoms with Gasteiger partial charge in [-0.1, -0.05) is 0 Å². The van der Waals surface area contributed by atoms with Crippen LogP contribution in [0, 0.1) is 0 Å². The maximum absolute atomic E-state index is 5.44. The van der Waals surface area contributed by atoms with E-state index in [0.717, 1.165) is 32.9 Å². The predicted octanol–water partition coefficient (Wildman–Crippen LogP) is 0.106. The van der Waals surface area contributed by atoms with Crippen LogP contribution >= 0.6 is 0 Å². The zero-order valence-corrected chi connectivity index (χ0v) is 6.95. The van der Waals surface area contributed by atoms with Crippen LogP contribution in [0.2, 0.25) is 0 Å². The van der Waals surface area contributed by atoms with Crippen LogP contribution in [-0.4, -0.2) is 50.0 Å². The van der Waals surface area contributed by atoms with E-state index in [4.69, 9.17) is 9.47 Å². The second kappa shape index (κ2) is 3.09. The molecule has 2 heterocycles. The summed E-state index contributed by atoms with van der Waals surface area (Å²) in [5.74, 6) is 0. The molecule has 0 aromatic carbocycles. The van der Waals surface area contributed by atoms with Crippen molar-refractivity contribution >= 4 is 0 Å². The second-order valence-electron chi connectivity index (χ2n) is 3.37. The molecule has 2 rings (SSSR count). The zero-order valence-electron chi connectivity index (χ0n) is 6.95. The molecule has 2 aliphatic heterocycles. The Labute approximate surface area is 67.3 Å². The standard InChI is InChI=1S/C8H15NO2/c1-7-4-9(2-3-11-7)8-5-10-6-8/h7-8H,2-6H2,1H3/t7-/m1/s1. The number of ether oxygens (including phenoxy) is 2. The van der Waals surface area contributed by atoms with E-state index in [-0.39, 0.29) is 0 Å². The highest BCUT2D eigenvalue weighted by Gasteiger charge is 2.28. The topological polar surface area (TPSA) is 21.7 Å². The van der Waals surface area contributed by atoms with Crippen molar-refractivity contribution in [2.45, 2.75) is 19.1 Å². The van der Waals surface area contributed by atoms with Crippen molar-refractivity contribution in [1.82, 2.24) is 4.90 Å². The summed E-state index contributed by atoms with van der Waals surface area (Å²) in [5.41, 5.74) is 0. The van der Waals surface area contributed by atoms with Crippen LogP contribution in [0.4, 0.5) is 0 Å². The van der Waals surface area contributed by atoms with Crippen molar-refractivity contribution in [2.24, 2.45) is 0 Å². The summed E-state index contributed by atoms with van der Waals surface area (Å²) in [6.07, 6.45) is 0.407. The Morgan fingerprint density at radius 3 is 2.73 bits per heavy atom. The van der Waals surface area contributed by atoms with E-state index in [9.17, 15) is 0 Å². The number of nitrogens with zero attached hydrogens (tertiary/aromatic N) is 1. The molecule has 3 heteroatoms. The number of rotatable bonds is 1. The summed E-state index contributed by atoms with van der Waals surface area (Å²) in [4.78, 5) is 2.47. The van der Waals surface area contributed by atoms with E-state index in [1.54, 1.807) is 0 Å². The van der Waals surface area contributed by atoms with Crippen molar-refractivity contribution in [3.05, 3.63) is 0 Å². The molecule has 0 unspecified atom stereocenters. The molecule has 0 saturated carbocycles. The minimum Gasteiger partial charge on any atom is -0.378 e. The van der Waals surface area contributed by atoms with Gasteiger partial charge in [-0.2, -0.15) is 0 Å². The molecule has 0 spiro atoms. The Hall–Kier alpha value is -0.120. The van der Waals surface area contributed by atoms with Crippen LogP contribution in [0.5, 0.6) is 0 Å². The lowest BCUT2D eigenvalue weighted by Crippen LogP contribution is -2.54. The maximum Gasteiger partial charge on any atom is 0.0674 e. The molecule has 1 atom stereocenters. The van der Waals surface area contributed by atoms with Gasteiger partial charge in [0.2, 0.25) is 0 Å². The van der Waals surface area contributed by atoms with E-state index in [0.29, 0.717) is 12.1 Å². The zero-order chi connectivity index (χ0) is 7.68. The predicted molar refractivity (Wildman–Crippen MR) is 41.6 cm³/mol. The summed E-state index contributed by atoms with van der Waals surface area (Å²) < 4.78 is 10.6. The third kappa shape index (κ3) is 1.55. The molecular weight excluding hydrogens is 142 g/mol. The first-order valence-corrected chi connectivity index (χ1v) is 4.29. The molecule has 2 fully saturated rings. The molecule has 11 heavy (non-hydrogen) atoms. The Bertz CT molecular complexity index is 136. The minimum absolute atomic E-state index is 0.407. The number of morpholine rings is 1. The van der Waals surface area contributed by atoms with Crippen LogP contribution in [0.25, 0.3) is 0 Å². The van der Waals surface area contributed by atoms with Crippen molar-refractivity contribution in [1.29, 1.82) is 0 Å². The van der Waals surface area contributed by atoms with Crippen molar-refractivity contribution in [3.63, 3.8) is 0 Å². The monoisotopic (exact) mass is 157 g/mol. The van der Waals surface area contributed by atoms with Gasteiger partial charge in [0, 0.05) is 13.1 Å². The highest BCUT2D eigenvalue weighted by molar-refractivity contribution is 4.80. The summed E-state index contributed by atoms with van der Waals surface area (Å²) >= 11 is 0. The van der Waals surface area contributed by atoms with Gasteiger partial charge in [0.05, 0.1) is 32.0 Å². The molecule has 0 bridgehead atoms. The van der Waals surface area contributed by atoms with Gasteiger partial charge in [-0.15, -0.1) is 0 Å². The largest absolute Gasteiger partial charge is 0.378 e. The molecule has 2 aliphatic rings. The molecule has 0 aromatic heterocycles. The average molecular weight is 157 g/mol. The first-order valence-electron chi connectivity index (χ1n) is 4.29. The Morgan fingerprint density at radius 2 is 2.18 bits per heavy atom. The van der Waals surface area contributed by atoms with E-state index in [2.05, 4.69) is 11.8 Å². The fraction of sp³-hybridized carbons (Fsp3) is 1.00. The molecule has 64 valence electrons. The van der Waals surface area contributed by atoms with Crippen LogP contribution in [0.1, 0.15) is 6.92 Å². The van der Waals surface area contributed by atoms with Gasteiger partial charge in [-0.05, 0) is 6.92 Å². The third-order valence-electron chi connectivity index (χ3n) is 2.41. The second-order valence-corrected chi connectivity index (χ2v) is 3.37. The van der Waals surface area contributed by atoms with E-state index in [1.807, 2.05) is 0 Å². The SMILES string of the molecule is C[C@@H]1CN(C2COC2)CCO1. The number of hydrogen-bond donors (Lipinski definition) is 0. The first kappa shape index (κ1) is 7.53. The van der Waals surface area contributed by atoms with Gasteiger partial charge in [0.15, 0.2) is 0 Å². The van der Waals surface area contributed by atoms with E-state index < -0.39 is 0 Å². The smallest absolute Gasteiger partial charge is 0.0674 e. The van der Waals surface area contributed by atoms with Gasteiger partial charge in [0.1, 0.15) is 0 Å². The van der Waals surface area contributed by atoms with Gasteiger partial charge in [-0.25, -0.2) is 0 Å². The van der Waals surface area contributed by atoms with Crippen LogP contribution in [-0.2, 0) is 9.47 Å². The minimum atomic E-state index is 0.407. The molecule has 0 aliphatic carbocycles. The van der Waals surface area contributed by atoms with Gasteiger partial charge < -0.3 is 9.47 Å². The number of hydrogen-bond acceptors (Lipinski definition) is 3. The highest BCUT2D eigenvalue weighted by Crippen LogP contribution is 2.14. The average Bonchev–Trinajstić information content (AvgIpc) is 1.83. The lowest BCUT2D eigenvalue weighted by atomic mass is 10.2. The lowest BCUT2D eigenvalue weighted by Gasteiger charge is -2.41. The van der Waals surface area contributed by atoms with Crippen molar-refractivity contribution < 1.29 is 9.47 Å². The van der Waals surface area contributed by atoms with E-state index >= 15 is 0 Å². The normalized spacial score (nSPS) is 35.2. The first-order chi connectivity index (χ1) is 5.36. The summed E-state index contributed by atoms with van der Waals surface area (Å²) in [6, 6.07) is 0.682.